The van der Waals surface area contributed by atoms with Crippen LogP contribution in [0.4, 0.5) is 5.69 Å². The van der Waals surface area contributed by atoms with Gasteiger partial charge in [0.25, 0.3) is 5.91 Å². The molecule has 3 aromatic rings. The average Bonchev–Trinajstić information content (AvgIpc) is 3.12. The number of nitrogens with one attached hydrogen (secondary N) is 2. The highest BCUT2D eigenvalue weighted by Crippen LogP contribution is 2.19. The third-order valence-corrected chi connectivity index (χ3v) is 4.76. The minimum Gasteiger partial charge on any atom is -0.322 e. The van der Waals surface area contributed by atoms with E-state index >= 15 is 0 Å². The summed E-state index contributed by atoms with van der Waals surface area (Å²) in [5, 5.41) is 11.3. The van der Waals surface area contributed by atoms with Gasteiger partial charge >= 0.3 is 0 Å². The molecule has 0 saturated heterocycles. The maximum absolute atomic E-state index is 12.5. The van der Waals surface area contributed by atoms with Crippen LogP contribution in [0.2, 0.25) is 5.02 Å². The molecule has 7 heteroatoms. The van der Waals surface area contributed by atoms with Crippen LogP contribution in [0.5, 0.6) is 0 Å². The number of anilines is 1. The Morgan fingerprint density at radius 1 is 1.19 bits per heavy atom. The molecule has 2 N–H and O–H groups in total. The van der Waals surface area contributed by atoms with Crippen molar-refractivity contribution in [2.24, 2.45) is 0 Å². The quantitative estimate of drug-likeness (QED) is 0.695. The van der Waals surface area contributed by atoms with Crippen molar-refractivity contribution in [1.82, 2.24) is 15.1 Å². The molecule has 0 saturated carbocycles. The standard InChI is InChI=1S/C20H19ClN4O.ClH/c21-18-4-1-14(2-5-18)12-25-13-17(11-23-25)20(26)24-19-6-3-16-10-22-8-7-15(16)9-19;/h1-6,9,11,13,22H,7-8,10,12H2,(H,24,26);1H. The van der Waals surface area contributed by atoms with Crippen LogP contribution in [0.3, 0.4) is 0 Å². The van der Waals surface area contributed by atoms with Gasteiger partial charge in [-0.1, -0.05) is 29.8 Å². The number of rotatable bonds is 4. The molecule has 0 aliphatic carbocycles. The van der Waals surface area contributed by atoms with E-state index in [0.717, 1.165) is 30.8 Å². The number of carbonyl (C=O) groups excluding carboxylic acids is 1. The van der Waals surface area contributed by atoms with E-state index in [1.54, 1.807) is 17.1 Å². The van der Waals surface area contributed by atoms with Crippen LogP contribution in [0, 0.1) is 0 Å². The largest absolute Gasteiger partial charge is 0.322 e. The summed E-state index contributed by atoms with van der Waals surface area (Å²) in [5.41, 5.74) is 5.03. The van der Waals surface area contributed by atoms with Gasteiger partial charge in [0.15, 0.2) is 0 Å². The second-order valence-corrected chi connectivity index (χ2v) is 6.85. The van der Waals surface area contributed by atoms with Crippen molar-refractivity contribution in [1.29, 1.82) is 0 Å². The van der Waals surface area contributed by atoms with Crippen LogP contribution in [0.25, 0.3) is 0 Å². The molecule has 27 heavy (non-hydrogen) atoms. The summed E-state index contributed by atoms with van der Waals surface area (Å²) in [6, 6.07) is 13.7. The summed E-state index contributed by atoms with van der Waals surface area (Å²) in [4.78, 5) is 12.5. The fraction of sp³-hybridized carbons (Fsp3) is 0.200. The maximum Gasteiger partial charge on any atom is 0.258 e. The molecule has 5 nitrogen and oxygen atoms in total. The number of fused-ring (bicyclic) bond motifs is 1. The molecule has 1 aromatic heterocycles. The third-order valence-electron chi connectivity index (χ3n) is 4.50. The van der Waals surface area contributed by atoms with Crippen molar-refractivity contribution in [2.45, 2.75) is 19.5 Å². The van der Waals surface area contributed by atoms with E-state index in [-0.39, 0.29) is 18.3 Å². The molecule has 0 atom stereocenters. The number of hydrogen-bond acceptors (Lipinski definition) is 3. The van der Waals surface area contributed by atoms with Gasteiger partial charge in [0.1, 0.15) is 0 Å². The molecule has 2 heterocycles. The maximum atomic E-state index is 12.5. The van der Waals surface area contributed by atoms with Crippen molar-refractivity contribution < 1.29 is 4.79 Å². The van der Waals surface area contributed by atoms with Gasteiger partial charge in [0.05, 0.1) is 18.3 Å². The molecule has 4 rings (SSSR count). The number of hydrogen-bond donors (Lipinski definition) is 2. The zero-order valence-corrected chi connectivity index (χ0v) is 16.2. The molecular weight excluding hydrogens is 383 g/mol. The molecule has 0 radical (unpaired) electrons. The van der Waals surface area contributed by atoms with Crippen LogP contribution < -0.4 is 10.6 Å². The highest BCUT2D eigenvalue weighted by molar-refractivity contribution is 6.30. The third kappa shape index (κ3) is 4.69. The number of amides is 1. The van der Waals surface area contributed by atoms with E-state index in [1.165, 1.54) is 11.1 Å². The zero-order chi connectivity index (χ0) is 17.9. The summed E-state index contributed by atoms with van der Waals surface area (Å²) in [7, 11) is 0. The molecule has 140 valence electrons. The predicted octanol–water partition coefficient (Wildman–Crippen LogP) is 3.90. The first kappa shape index (κ1) is 19.4. The van der Waals surface area contributed by atoms with E-state index in [2.05, 4.69) is 27.9 Å². The van der Waals surface area contributed by atoms with Crippen molar-refractivity contribution in [2.75, 3.05) is 11.9 Å². The number of halogens is 2. The average molecular weight is 403 g/mol. The number of benzene rings is 2. The van der Waals surface area contributed by atoms with Gasteiger partial charge in [-0.25, -0.2) is 0 Å². The number of carbonyl (C=O) groups is 1. The second kappa shape index (κ2) is 8.57. The first-order valence-corrected chi connectivity index (χ1v) is 8.96. The minimum absolute atomic E-state index is 0. The molecule has 1 amide bonds. The van der Waals surface area contributed by atoms with Gasteiger partial charge < -0.3 is 10.6 Å². The number of nitrogens with zero attached hydrogens (tertiary/aromatic N) is 2. The fourth-order valence-electron chi connectivity index (χ4n) is 3.10. The molecule has 0 unspecified atom stereocenters. The normalized spacial score (nSPS) is 12.8. The minimum atomic E-state index is -0.152. The summed E-state index contributed by atoms with van der Waals surface area (Å²) in [6.45, 7) is 2.46. The van der Waals surface area contributed by atoms with E-state index in [1.807, 2.05) is 30.3 Å². The lowest BCUT2D eigenvalue weighted by Gasteiger charge is -2.18. The highest BCUT2D eigenvalue weighted by Gasteiger charge is 2.12. The SMILES string of the molecule is Cl.O=C(Nc1ccc2c(c1)CCNC2)c1cnn(Cc2ccc(Cl)cc2)c1. The Balaban J connectivity index is 0.00000210. The Labute approximate surface area is 169 Å². The molecule has 0 spiro atoms. The van der Waals surface area contributed by atoms with E-state index < -0.39 is 0 Å². The lowest BCUT2D eigenvalue weighted by Crippen LogP contribution is -2.23. The lowest BCUT2D eigenvalue weighted by molar-refractivity contribution is 0.102. The highest BCUT2D eigenvalue weighted by atomic mass is 35.5. The smallest absolute Gasteiger partial charge is 0.258 e. The molecule has 1 aliphatic rings. The first-order chi connectivity index (χ1) is 12.7. The molecule has 2 aromatic carbocycles. The monoisotopic (exact) mass is 402 g/mol. The summed E-state index contributed by atoms with van der Waals surface area (Å²) < 4.78 is 1.75. The Hall–Kier alpha value is -2.34. The molecule has 0 bridgehead atoms. The summed E-state index contributed by atoms with van der Waals surface area (Å²) in [5.74, 6) is -0.152. The van der Waals surface area contributed by atoms with Gasteiger partial charge in [-0.2, -0.15) is 5.10 Å². The Bertz CT molecular complexity index is 937. The van der Waals surface area contributed by atoms with Crippen LogP contribution in [-0.2, 0) is 19.5 Å². The topological polar surface area (TPSA) is 59.0 Å². The van der Waals surface area contributed by atoms with Gasteiger partial charge in [-0.3, -0.25) is 9.48 Å². The summed E-state index contributed by atoms with van der Waals surface area (Å²) >= 11 is 5.90. The van der Waals surface area contributed by atoms with Gasteiger partial charge in [0.2, 0.25) is 0 Å². The van der Waals surface area contributed by atoms with Gasteiger partial charge in [0, 0.05) is 23.5 Å². The van der Waals surface area contributed by atoms with E-state index in [0.29, 0.717) is 17.1 Å². The van der Waals surface area contributed by atoms with Crippen molar-refractivity contribution in [3.05, 3.63) is 82.1 Å². The van der Waals surface area contributed by atoms with Crippen molar-refractivity contribution in [3.63, 3.8) is 0 Å². The van der Waals surface area contributed by atoms with Gasteiger partial charge in [-0.15, -0.1) is 12.4 Å². The van der Waals surface area contributed by atoms with E-state index in [4.69, 9.17) is 11.6 Å². The number of aromatic nitrogens is 2. The Morgan fingerprint density at radius 2 is 2.00 bits per heavy atom. The fourth-order valence-corrected chi connectivity index (χ4v) is 3.23. The van der Waals surface area contributed by atoms with Crippen LogP contribution in [-0.4, -0.2) is 22.2 Å². The lowest BCUT2D eigenvalue weighted by atomic mass is 10.0. The molecule has 0 fully saturated rings. The predicted molar refractivity (Wildman–Crippen MR) is 110 cm³/mol. The Kier molecular flexibility index (Phi) is 6.16. The van der Waals surface area contributed by atoms with Crippen molar-refractivity contribution in [3.8, 4) is 0 Å². The Morgan fingerprint density at radius 3 is 2.81 bits per heavy atom. The first-order valence-electron chi connectivity index (χ1n) is 8.58. The van der Waals surface area contributed by atoms with E-state index in [9.17, 15) is 4.79 Å². The van der Waals surface area contributed by atoms with Crippen LogP contribution in [0.1, 0.15) is 27.0 Å². The second-order valence-electron chi connectivity index (χ2n) is 6.42. The summed E-state index contributed by atoms with van der Waals surface area (Å²) in [6.07, 6.45) is 4.33. The van der Waals surface area contributed by atoms with Crippen molar-refractivity contribution >= 4 is 35.6 Å². The zero-order valence-electron chi connectivity index (χ0n) is 14.6. The molecule has 1 aliphatic heterocycles. The van der Waals surface area contributed by atoms with Crippen LogP contribution in [0.15, 0.2) is 54.9 Å². The molecular formula is C20H20Cl2N4O. The van der Waals surface area contributed by atoms with Gasteiger partial charge in [-0.05, 0) is 53.9 Å². The van der Waals surface area contributed by atoms with Crippen LogP contribution >= 0.6 is 24.0 Å².